The normalized spacial score (nSPS) is 12.4. The Morgan fingerprint density at radius 3 is 2.29 bits per heavy atom. The number of pyridine rings is 1. The van der Waals surface area contributed by atoms with E-state index >= 15 is 0 Å². The van der Waals surface area contributed by atoms with Crippen molar-refractivity contribution in [2.45, 2.75) is 18.5 Å². The molecule has 0 fully saturated rings. The molecule has 0 spiro atoms. The van der Waals surface area contributed by atoms with E-state index in [1.54, 1.807) is 0 Å². The average Bonchev–Trinajstić information content (AvgIpc) is 2.36. The molecule has 21 heavy (non-hydrogen) atoms. The first kappa shape index (κ1) is 17.0. The van der Waals surface area contributed by atoms with E-state index in [0.29, 0.717) is 6.20 Å². The number of hydrogen-bond acceptors (Lipinski definition) is 3. The maximum absolute atomic E-state index is 12.6. The third kappa shape index (κ3) is 5.08. The fraction of sp³-hybridized carbons (Fsp3) is 0.400. The molecule has 1 heterocycles. The highest BCUT2D eigenvalue weighted by Crippen LogP contribution is 2.25. The molecule has 0 aliphatic heterocycles. The molecule has 1 amide bonds. The second kappa shape index (κ2) is 6.14. The molecule has 1 aromatic heterocycles. The SMILES string of the molecule is O=C(Nc1ccc(OCC(F)(F)F)nc1)C(F)(F)C(F)F. The molecule has 11 heteroatoms. The van der Waals surface area contributed by atoms with Crippen LogP contribution in [-0.2, 0) is 4.79 Å². The number of nitrogens with one attached hydrogen (secondary N) is 1. The van der Waals surface area contributed by atoms with Crippen LogP contribution in [0.1, 0.15) is 0 Å². The molecule has 1 aromatic rings. The van der Waals surface area contributed by atoms with Crippen LogP contribution in [0.3, 0.4) is 0 Å². The standard InChI is InChI=1S/C10H7F7N2O2/c11-7(12)10(16,17)8(20)19-5-1-2-6(18-3-5)21-4-9(13,14)15/h1-3,7H,4H2,(H,19,20). The van der Waals surface area contributed by atoms with Crippen molar-refractivity contribution < 1.29 is 40.3 Å². The topological polar surface area (TPSA) is 51.2 Å². The largest absolute Gasteiger partial charge is 0.468 e. The quantitative estimate of drug-likeness (QED) is 0.849. The van der Waals surface area contributed by atoms with Gasteiger partial charge in [0, 0.05) is 6.07 Å². The number of hydrogen-bond donors (Lipinski definition) is 1. The van der Waals surface area contributed by atoms with Crippen molar-refractivity contribution in [1.29, 1.82) is 0 Å². The lowest BCUT2D eigenvalue weighted by molar-refractivity contribution is -0.163. The molecule has 1 rings (SSSR count). The molecule has 4 nitrogen and oxygen atoms in total. The Kier molecular flexibility index (Phi) is 4.97. The summed E-state index contributed by atoms with van der Waals surface area (Å²) in [6, 6.07) is 1.72. The van der Waals surface area contributed by atoms with Crippen LogP contribution >= 0.6 is 0 Å². The number of ether oxygens (including phenoxy) is 1. The van der Waals surface area contributed by atoms with Crippen LogP contribution in [0.2, 0.25) is 0 Å². The molecule has 0 bridgehead atoms. The lowest BCUT2D eigenvalue weighted by Gasteiger charge is -2.14. The van der Waals surface area contributed by atoms with Crippen LogP contribution in [0.4, 0.5) is 36.4 Å². The van der Waals surface area contributed by atoms with Crippen molar-refractivity contribution >= 4 is 11.6 Å². The summed E-state index contributed by atoms with van der Waals surface area (Å²) in [5.74, 6) is -7.64. The molecule has 0 unspecified atom stereocenters. The van der Waals surface area contributed by atoms with Gasteiger partial charge in [-0.15, -0.1) is 0 Å². The third-order valence-electron chi connectivity index (χ3n) is 1.95. The number of alkyl halides is 7. The zero-order valence-electron chi connectivity index (χ0n) is 9.93. The summed E-state index contributed by atoms with van der Waals surface area (Å²) in [5, 5.41) is 1.45. The van der Waals surface area contributed by atoms with Crippen molar-refractivity contribution in [2.75, 3.05) is 11.9 Å². The molecule has 0 saturated heterocycles. The highest BCUT2D eigenvalue weighted by molar-refractivity contribution is 5.96. The summed E-state index contributed by atoms with van der Waals surface area (Å²) in [4.78, 5) is 14.2. The van der Waals surface area contributed by atoms with E-state index in [0.717, 1.165) is 12.1 Å². The van der Waals surface area contributed by atoms with Crippen molar-refractivity contribution in [3.05, 3.63) is 18.3 Å². The van der Waals surface area contributed by atoms with Gasteiger partial charge in [0.25, 0.3) is 0 Å². The smallest absolute Gasteiger partial charge is 0.422 e. The van der Waals surface area contributed by atoms with Gasteiger partial charge < -0.3 is 10.1 Å². The fourth-order valence-electron chi connectivity index (χ4n) is 1.01. The number of carbonyl (C=O) groups excluding carboxylic acids is 1. The third-order valence-corrected chi connectivity index (χ3v) is 1.95. The fourth-order valence-corrected chi connectivity index (χ4v) is 1.01. The first-order chi connectivity index (χ1) is 9.52. The number of nitrogens with zero attached hydrogens (tertiary/aromatic N) is 1. The molecule has 0 aromatic carbocycles. The molecule has 0 aliphatic carbocycles. The van der Waals surface area contributed by atoms with E-state index in [9.17, 15) is 35.5 Å². The van der Waals surface area contributed by atoms with E-state index in [1.807, 2.05) is 0 Å². The molecule has 0 atom stereocenters. The maximum Gasteiger partial charge on any atom is 0.422 e. The van der Waals surface area contributed by atoms with Crippen LogP contribution in [0.5, 0.6) is 5.88 Å². The second-order valence-corrected chi connectivity index (χ2v) is 3.67. The van der Waals surface area contributed by atoms with Gasteiger partial charge in [0.1, 0.15) is 0 Å². The lowest BCUT2D eigenvalue weighted by Crippen LogP contribution is -2.41. The summed E-state index contributed by atoms with van der Waals surface area (Å²) in [7, 11) is 0. The van der Waals surface area contributed by atoms with Gasteiger partial charge in [-0.3, -0.25) is 4.79 Å². The highest BCUT2D eigenvalue weighted by Gasteiger charge is 2.48. The number of halogens is 7. The summed E-state index contributed by atoms with van der Waals surface area (Å²) in [5.41, 5.74) is -0.403. The monoisotopic (exact) mass is 320 g/mol. The van der Waals surface area contributed by atoms with Crippen LogP contribution in [0.25, 0.3) is 0 Å². The Bertz CT molecular complexity index is 487. The van der Waals surface area contributed by atoms with E-state index in [4.69, 9.17) is 0 Å². The number of carbonyl (C=O) groups is 1. The maximum atomic E-state index is 12.6. The van der Waals surface area contributed by atoms with Crippen molar-refractivity contribution in [3.8, 4) is 5.88 Å². The van der Waals surface area contributed by atoms with E-state index in [2.05, 4.69) is 9.72 Å². The molecular weight excluding hydrogens is 313 g/mol. The Balaban J connectivity index is 2.65. The van der Waals surface area contributed by atoms with E-state index < -0.39 is 42.6 Å². The predicted molar refractivity (Wildman–Crippen MR) is 55.4 cm³/mol. The number of aromatic nitrogens is 1. The van der Waals surface area contributed by atoms with Gasteiger partial charge in [0.2, 0.25) is 5.88 Å². The zero-order valence-corrected chi connectivity index (χ0v) is 9.93. The van der Waals surface area contributed by atoms with Gasteiger partial charge in [0.05, 0.1) is 11.9 Å². The van der Waals surface area contributed by atoms with Crippen molar-refractivity contribution in [1.82, 2.24) is 4.98 Å². The van der Waals surface area contributed by atoms with Crippen molar-refractivity contribution in [3.63, 3.8) is 0 Å². The molecule has 0 aliphatic rings. The van der Waals surface area contributed by atoms with Crippen LogP contribution in [-0.4, -0.2) is 36.0 Å². The Hall–Kier alpha value is -2.07. The zero-order chi connectivity index (χ0) is 16.3. The average molecular weight is 320 g/mol. The van der Waals surface area contributed by atoms with E-state index in [-0.39, 0.29) is 0 Å². The van der Waals surface area contributed by atoms with Gasteiger partial charge in [0.15, 0.2) is 6.61 Å². The molecular formula is C10H7F7N2O2. The lowest BCUT2D eigenvalue weighted by atomic mass is 10.3. The Morgan fingerprint density at radius 1 is 1.24 bits per heavy atom. The minimum Gasteiger partial charge on any atom is -0.468 e. The van der Waals surface area contributed by atoms with Gasteiger partial charge in [-0.05, 0) is 6.07 Å². The molecule has 118 valence electrons. The predicted octanol–water partition coefficient (Wildman–Crippen LogP) is 2.86. The van der Waals surface area contributed by atoms with Gasteiger partial charge in [-0.2, -0.15) is 22.0 Å². The van der Waals surface area contributed by atoms with Crippen LogP contribution in [0.15, 0.2) is 18.3 Å². The van der Waals surface area contributed by atoms with E-state index in [1.165, 1.54) is 5.32 Å². The van der Waals surface area contributed by atoms with Gasteiger partial charge in [-0.1, -0.05) is 0 Å². The Labute approximate surface area is 112 Å². The summed E-state index contributed by atoms with van der Waals surface area (Å²) in [6.45, 7) is -1.62. The van der Waals surface area contributed by atoms with Gasteiger partial charge in [-0.25, -0.2) is 13.8 Å². The van der Waals surface area contributed by atoms with Gasteiger partial charge >= 0.3 is 24.4 Å². The number of anilines is 1. The summed E-state index contributed by atoms with van der Waals surface area (Å²) >= 11 is 0. The minimum atomic E-state index is -4.90. The van der Waals surface area contributed by atoms with Crippen LogP contribution in [0, 0.1) is 0 Å². The summed E-state index contributed by atoms with van der Waals surface area (Å²) in [6.07, 6.45) is -8.10. The minimum absolute atomic E-state index is 0.403. The second-order valence-electron chi connectivity index (χ2n) is 3.67. The first-order valence-electron chi connectivity index (χ1n) is 5.15. The van der Waals surface area contributed by atoms with Crippen molar-refractivity contribution in [2.24, 2.45) is 0 Å². The molecule has 0 saturated carbocycles. The summed E-state index contributed by atoms with van der Waals surface area (Å²) < 4.78 is 88.8. The highest BCUT2D eigenvalue weighted by atomic mass is 19.4. The Morgan fingerprint density at radius 2 is 1.86 bits per heavy atom. The molecule has 0 radical (unpaired) electrons. The number of amides is 1. The van der Waals surface area contributed by atoms with Crippen LogP contribution < -0.4 is 10.1 Å². The molecule has 1 N–H and O–H groups in total. The first-order valence-corrected chi connectivity index (χ1v) is 5.15. The number of rotatable bonds is 5.